The van der Waals surface area contributed by atoms with Crippen molar-refractivity contribution in [2.45, 2.75) is 13.2 Å². The maximum Gasteiger partial charge on any atom is 0.341 e. The molecule has 0 N–H and O–H groups in total. The first kappa shape index (κ1) is 22.2. The zero-order valence-corrected chi connectivity index (χ0v) is 19.3. The van der Waals surface area contributed by atoms with E-state index in [9.17, 15) is 4.79 Å². The van der Waals surface area contributed by atoms with E-state index < -0.39 is 5.97 Å². The zero-order chi connectivity index (χ0) is 24.0. The van der Waals surface area contributed by atoms with Crippen LogP contribution in [0.15, 0.2) is 103 Å². The summed E-state index contributed by atoms with van der Waals surface area (Å²) in [5, 5.41) is 0. The van der Waals surface area contributed by atoms with E-state index in [0.29, 0.717) is 41.6 Å². The van der Waals surface area contributed by atoms with Gasteiger partial charge < -0.3 is 18.6 Å². The predicted octanol–water partition coefficient (Wildman–Crippen LogP) is 5.95. The van der Waals surface area contributed by atoms with E-state index in [1.165, 1.54) is 7.11 Å². The molecule has 6 nitrogen and oxygen atoms in total. The van der Waals surface area contributed by atoms with Gasteiger partial charge in [0.25, 0.3) is 0 Å². The van der Waals surface area contributed by atoms with E-state index in [2.05, 4.69) is 0 Å². The van der Waals surface area contributed by atoms with Crippen LogP contribution >= 0.6 is 0 Å². The Hall–Kier alpha value is -4.58. The summed E-state index contributed by atoms with van der Waals surface area (Å²) in [4.78, 5) is 17.3. The lowest BCUT2D eigenvalue weighted by molar-refractivity contribution is 0.0595. The van der Waals surface area contributed by atoms with Crippen LogP contribution in [0.2, 0.25) is 0 Å². The lowest BCUT2D eigenvalue weighted by Gasteiger charge is -2.11. The van der Waals surface area contributed by atoms with E-state index in [4.69, 9.17) is 19.2 Å². The van der Waals surface area contributed by atoms with Gasteiger partial charge in [0.2, 0.25) is 0 Å². The van der Waals surface area contributed by atoms with Crippen LogP contribution < -0.4 is 9.47 Å². The Labute approximate surface area is 203 Å². The molecule has 6 heteroatoms. The third-order valence-corrected chi connectivity index (χ3v) is 5.60. The molecule has 0 spiro atoms. The number of carbonyl (C=O) groups is 1. The van der Waals surface area contributed by atoms with Crippen molar-refractivity contribution >= 4 is 11.6 Å². The van der Waals surface area contributed by atoms with Gasteiger partial charge in [0.05, 0.1) is 12.8 Å². The summed E-state index contributed by atoms with van der Waals surface area (Å²) in [6.45, 7) is 0.795. The third kappa shape index (κ3) is 5.01. The molecule has 2 aromatic heterocycles. The topological polar surface area (TPSA) is 62.1 Å². The van der Waals surface area contributed by atoms with Crippen molar-refractivity contribution in [2.24, 2.45) is 0 Å². The summed E-state index contributed by atoms with van der Waals surface area (Å²) in [6.07, 6.45) is 3.82. The van der Waals surface area contributed by atoms with Crippen molar-refractivity contribution in [3.05, 3.63) is 120 Å². The number of hydrogen-bond acceptors (Lipinski definition) is 5. The number of hydrogen-bond donors (Lipinski definition) is 0. The number of fused-ring (bicyclic) bond motifs is 1. The van der Waals surface area contributed by atoms with Gasteiger partial charge in [0, 0.05) is 18.0 Å². The van der Waals surface area contributed by atoms with Gasteiger partial charge in [-0.3, -0.25) is 0 Å². The van der Waals surface area contributed by atoms with Crippen LogP contribution in [0.3, 0.4) is 0 Å². The molecule has 174 valence electrons. The van der Waals surface area contributed by atoms with Crippen molar-refractivity contribution in [3.8, 4) is 22.8 Å². The highest BCUT2D eigenvalue weighted by atomic mass is 16.5. The molecule has 0 aliphatic heterocycles. The number of esters is 1. The van der Waals surface area contributed by atoms with Crippen molar-refractivity contribution < 1.29 is 19.0 Å². The molecule has 0 aliphatic rings. The standard InChI is InChI=1S/C29H24N2O4/c1-33-29(32)24-17-23(14-15-26(24)34-19-21-9-4-2-5-10-21)25-18-31-16-8-13-27(28(31)30-25)35-20-22-11-6-3-7-12-22/h2-18H,19-20H2,1H3. The van der Waals surface area contributed by atoms with Crippen molar-refractivity contribution in [1.82, 2.24) is 9.38 Å². The molecule has 35 heavy (non-hydrogen) atoms. The van der Waals surface area contributed by atoms with Gasteiger partial charge in [-0.1, -0.05) is 60.7 Å². The maximum absolute atomic E-state index is 12.5. The first-order chi connectivity index (χ1) is 17.2. The van der Waals surface area contributed by atoms with Crippen LogP contribution in [0, 0.1) is 0 Å². The fourth-order valence-corrected chi connectivity index (χ4v) is 3.79. The molecule has 5 aromatic rings. The third-order valence-electron chi connectivity index (χ3n) is 5.60. The highest BCUT2D eigenvalue weighted by molar-refractivity contribution is 5.94. The fourth-order valence-electron chi connectivity index (χ4n) is 3.79. The Morgan fingerprint density at radius 1 is 0.800 bits per heavy atom. The normalized spacial score (nSPS) is 10.8. The summed E-state index contributed by atoms with van der Waals surface area (Å²) in [5.74, 6) is 0.671. The van der Waals surface area contributed by atoms with Crippen LogP contribution in [-0.4, -0.2) is 22.5 Å². The smallest absolute Gasteiger partial charge is 0.341 e. The van der Waals surface area contributed by atoms with Gasteiger partial charge in [-0.25, -0.2) is 9.78 Å². The molecule has 3 aromatic carbocycles. The summed E-state index contributed by atoms with van der Waals surface area (Å²) in [7, 11) is 1.36. The van der Waals surface area contributed by atoms with Gasteiger partial charge in [-0.15, -0.1) is 0 Å². The number of imidazole rings is 1. The van der Waals surface area contributed by atoms with Crippen LogP contribution in [-0.2, 0) is 18.0 Å². The van der Waals surface area contributed by atoms with E-state index in [1.54, 1.807) is 12.1 Å². The molecular formula is C29H24N2O4. The van der Waals surface area contributed by atoms with Gasteiger partial charge in [0.1, 0.15) is 24.5 Å². The molecular weight excluding hydrogens is 440 g/mol. The minimum Gasteiger partial charge on any atom is -0.488 e. The Bertz CT molecular complexity index is 1450. The molecule has 0 aliphatic carbocycles. The second kappa shape index (κ2) is 10.1. The van der Waals surface area contributed by atoms with E-state index in [-0.39, 0.29) is 0 Å². The molecule has 0 saturated carbocycles. The minimum atomic E-state index is -0.467. The van der Waals surface area contributed by atoms with Gasteiger partial charge in [0.15, 0.2) is 11.4 Å². The number of carbonyl (C=O) groups excluding carboxylic acids is 1. The molecule has 0 bridgehead atoms. The lowest BCUT2D eigenvalue weighted by Crippen LogP contribution is -2.06. The maximum atomic E-state index is 12.5. The average molecular weight is 465 g/mol. The fraction of sp³-hybridized carbons (Fsp3) is 0.103. The molecule has 0 unspecified atom stereocenters. The summed E-state index contributed by atoms with van der Waals surface area (Å²) >= 11 is 0. The van der Waals surface area contributed by atoms with Gasteiger partial charge in [-0.2, -0.15) is 0 Å². The van der Waals surface area contributed by atoms with Crippen LogP contribution in [0.5, 0.6) is 11.5 Å². The predicted molar refractivity (Wildman–Crippen MR) is 134 cm³/mol. The van der Waals surface area contributed by atoms with Crippen molar-refractivity contribution in [1.29, 1.82) is 0 Å². The Balaban J connectivity index is 1.43. The molecule has 5 rings (SSSR count). The molecule has 0 atom stereocenters. The number of pyridine rings is 1. The highest BCUT2D eigenvalue weighted by Crippen LogP contribution is 2.30. The highest BCUT2D eigenvalue weighted by Gasteiger charge is 2.17. The number of methoxy groups -OCH3 is 1. The van der Waals surface area contributed by atoms with E-state index >= 15 is 0 Å². The summed E-state index contributed by atoms with van der Waals surface area (Å²) in [6, 6.07) is 29.0. The lowest BCUT2D eigenvalue weighted by atomic mass is 10.1. The van der Waals surface area contributed by atoms with Crippen LogP contribution in [0.25, 0.3) is 16.9 Å². The Morgan fingerprint density at radius 2 is 1.46 bits per heavy atom. The molecule has 0 saturated heterocycles. The number of rotatable bonds is 8. The van der Waals surface area contributed by atoms with Gasteiger partial charge >= 0.3 is 5.97 Å². The quantitative estimate of drug-likeness (QED) is 0.266. The first-order valence-electron chi connectivity index (χ1n) is 11.2. The number of benzene rings is 3. The number of aromatic nitrogens is 2. The minimum absolute atomic E-state index is 0.346. The van der Waals surface area contributed by atoms with E-state index in [1.807, 2.05) is 95.7 Å². The molecule has 0 fully saturated rings. The van der Waals surface area contributed by atoms with Crippen LogP contribution in [0.1, 0.15) is 21.5 Å². The van der Waals surface area contributed by atoms with Crippen LogP contribution in [0.4, 0.5) is 0 Å². The molecule has 0 amide bonds. The van der Waals surface area contributed by atoms with Crippen molar-refractivity contribution in [3.63, 3.8) is 0 Å². The van der Waals surface area contributed by atoms with E-state index in [0.717, 1.165) is 16.7 Å². The molecule has 0 radical (unpaired) electrons. The zero-order valence-electron chi connectivity index (χ0n) is 19.3. The largest absolute Gasteiger partial charge is 0.488 e. The monoisotopic (exact) mass is 464 g/mol. The number of nitrogens with zero attached hydrogens (tertiary/aromatic N) is 2. The Kier molecular flexibility index (Phi) is 6.44. The molecule has 2 heterocycles. The second-order valence-corrected chi connectivity index (χ2v) is 7.98. The van der Waals surface area contributed by atoms with Gasteiger partial charge in [-0.05, 0) is 41.5 Å². The average Bonchev–Trinajstić information content (AvgIpc) is 3.36. The first-order valence-corrected chi connectivity index (χ1v) is 11.2. The van der Waals surface area contributed by atoms with Crippen molar-refractivity contribution in [2.75, 3.05) is 7.11 Å². The SMILES string of the molecule is COC(=O)c1cc(-c2cn3cccc(OCc4ccccc4)c3n2)ccc1OCc1ccccc1. The number of ether oxygens (including phenoxy) is 3. The second-order valence-electron chi connectivity index (χ2n) is 7.98. The summed E-state index contributed by atoms with van der Waals surface area (Å²) in [5.41, 5.74) is 4.61. The summed E-state index contributed by atoms with van der Waals surface area (Å²) < 4.78 is 18.9. The Morgan fingerprint density at radius 3 is 2.11 bits per heavy atom.